The fraction of sp³-hybridized carbons (Fsp3) is 1.00. The Bertz CT molecular complexity index is 203. The summed E-state index contributed by atoms with van der Waals surface area (Å²) in [7, 11) is -2.60. The molecular formula is C15H34O5Si. The quantitative estimate of drug-likeness (QED) is 0.340. The molecule has 0 radical (unpaired) electrons. The van der Waals surface area contributed by atoms with Crippen molar-refractivity contribution in [2.75, 3.05) is 33.0 Å². The molecule has 21 heavy (non-hydrogen) atoms. The topological polar surface area (TPSA) is 46.2 Å². The van der Waals surface area contributed by atoms with Crippen molar-refractivity contribution in [1.82, 2.24) is 0 Å². The van der Waals surface area contributed by atoms with E-state index in [1.54, 1.807) is 0 Å². The first-order valence-corrected chi connectivity index (χ1v) is 10.3. The fourth-order valence-corrected chi connectivity index (χ4v) is 4.60. The Morgan fingerprint density at radius 1 is 0.714 bits per heavy atom. The zero-order chi connectivity index (χ0) is 16.0. The van der Waals surface area contributed by atoms with E-state index in [4.69, 9.17) is 22.8 Å². The van der Waals surface area contributed by atoms with Crippen molar-refractivity contribution in [2.45, 2.75) is 66.2 Å². The van der Waals surface area contributed by atoms with Gasteiger partial charge in [0.15, 0.2) is 6.29 Å². The Hall–Kier alpha value is 0.0169. The molecule has 0 unspecified atom stereocenters. The molecule has 6 heteroatoms. The van der Waals surface area contributed by atoms with E-state index in [1.165, 1.54) is 0 Å². The molecule has 0 aliphatic rings. The summed E-state index contributed by atoms with van der Waals surface area (Å²) < 4.78 is 29.1. The zero-order valence-electron chi connectivity index (χ0n) is 14.5. The van der Waals surface area contributed by atoms with E-state index in [9.17, 15) is 0 Å². The standard InChI is InChI=1S/C15H34O5Si/c1-6-12-16-15(17-13-7-2)11-14-21(18-8-3,19-9-4)20-10-5/h15H,6-14H2,1-5H3. The maximum absolute atomic E-state index is 5.85. The van der Waals surface area contributed by atoms with Gasteiger partial charge in [-0.15, -0.1) is 0 Å². The van der Waals surface area contributed by atoms with Crippen LogP contribution in [0.4, 0.5) is 0 Å². The Morgan fingerprint density at radius 2 is 1.14 bits per heavy atom. The van der Waals surface area contributed by atoms with Gasteiger partial charge in [-0.1, -0.05) is 13.8 Å². The number of ether oxygens (including phenoxy) is 2. The van der Waals surface area contributed by atoms with Crippen molar-refractivity contribution in [2.24, 2.45) is 0 Å². The van der Waals surface area contributed by atoms with Crippen LogP contribution < -0.4 is 0 Å². The Balaban J connectivity index is 4.54. The van der Waals surface area contributed by atoms with Crippen molar-refractivity contribution < 1.29 is 22.8 Å². The molecule has 0 aliphatic heterocycles. The third-order valence-electron chi connectivity index (χ3n) is 2.79. The van der Waals surface area contributed by atoms with Crippen LogP contribution in [-0.4, -0.2) is 48.1 Å². The van der Waals surface area contributed by atoms with Crippen molar-refractivity contribution >= 4 is 8.80 Å². The first-order valence-electron chi connectivity index (χ1n) is 8.32. The average molecular weight is 323 g/mol. The van der Waals surface area contributed by atoms with Gasteiger partial charge in [-0.2, -0.15) is 0 Å². The highest BCUT2D eigenvalue weighted by molar-refractivity contribution is 6.60. The molecule has 0 aliphatic carbocycles. The molecule has 0 fully saturated rings. The average Bonchev–Trinajstić information content (AvgIpc) is 2.47. The lowest BCUT2D eigenvalue weighted by Crippen LogP contribution is -2.46. The van der Waals surface area contributed by atoms with E-state index in [0.29, 0.717) is 33.0 Å². The Morgan fingerprint density at radius 3 is 1.48 bits per heavy atom. The molecule has 0 aromatic heterocycles. The monoisotopic (exact) mass is 322 g/mol. The lowest BCUT2D eigenvalue weighted by molar-refractivity contribution is -0.144. The normalized spacial score (nSPS) is 12.3. The van der Waals surface area contributed by atoms with E-state index in [2.05, 4.69) is 13.8 Å². The third-order valence-corrected chi connectivity index (χ3v) is 5.88. The lowest BCUT2D eigenvalue weighted by Gasteiger charge is -2.29. The van der Waals surface area contributed by atoms with Gasteiger partial charge in [-0.3, -0.25) is 0 Å². The molecule has 5 nitrogen and oxygen atoms in total. The van der Waals surface area contributed by atoms with Crippen molar-refractivity contribution in [3.8, 4) is 0 Å². The molecule has 0 amide bonds. The van der Waals surface area contributed by atoms with Crippen LogP contribution >= 0.6 is 0 Å². The second-order valence-corrected chi connectivity index (χ2v) is 7.42. The zero-order valence-corrected chi connectivity index (χ0v) is 15.5. The smallest absolute Gasteiger partial charge is 0.374 e. The molecule has 0 aromatic carbocycles. The van der Waals surface area contributed by atoms with Gasteiger partial charge in [0.2, 0.25) is 0 Å². The van der Waals surface area contributed by atoms with Gasteiger partial charge >= 0.3 is 8.80 Å². The van der Waals surface area contributed by atoms with Crippen LogP contribution in [0.1, 0.15) is 53.9 Å². The molecule has 0 atom stereocenters. The summed E-state index contributed by atoms with van der Waals surface area (Å²) in [5.74, 6) is 0. The molecule has 0 spiro atoms. The van der Waals surface area contributed by atoms with Crippen LogP contribution in [0.2, 0.25) is 6.04 Å². The minimum atomic E-state index is -2.60. The molecule has 128 valence electrons. The highest BCUT2D eigenvalue weighted by atomic mass is 28.4. The number of hydrogen-bond donors (Lipinski definition) is 0. The van der Waals surface area contributed by atoms with E-state index in [1.807, 2.05) is 20.8 Å². The lowest BCUT2D eigenvalue weighted by atomic mass is 10.4. The summed E-state index contributed by atoms with van der Waals surface area (Å²) in [5.41, 5.74) is 0. The van der Waals surface area contributed by atoms with Gasteiger partial charge in [-0.25, -0.2) is 0 Å². The summed E-state index contributed by atoms with van der Waals surface area (Å²) >= 11 is 0. The maximum atomic E-state index is 5.85. The van der Waals surface area contributed by atoms with Crippen LogP contribution in [0, 0.1) is 0 Å². The van der Waals surface area contributed by atoms with Crippen LogP contribution in [0.3, 0.4) is 0 Å². The van der Waals surface area contributed by atoms with E-state index in [-0.39, 0.29) is 6.29 Å². The van der Waals surface area contributed by atoms with Crippen LogP contribution in [-0.2, 0) is 22.8 Å². The minimum Gasteiger partial charge on any atom is -0.374 e. The summed E-state index contributed by atoms with van der Waals surface area (Å²) in [6.45, 7) is 13.3. The van der Waals surface area contributed by atoms with Crippen LogP contribution in [0.25, 0.3) is 0 Å². The Labute approximate surface area is 131 Å². The van der Waals surface area contributed by atoms with Crippen LogP contribution in [0.15, 0.2) is 0 Å². The van der Waals surface area contributed by atoms with Crippen LogP contribution in [0.5, 0.6) is 0 Å². The SMILES string of the molecule is CCCOC(CC[Si](OCC)(OCC)OCC)OCCC. The molecule has 0 saturated carbocycles. The highest BCUT2D eigenvalue weighted by Gasteiger charge is 2.40. The Kier molecular flexibility index (Phi) is 13.7. The molecule has 0 saturated heterocycles. The second-order valence-electron chi connectivity index (χ2n) is 4.69. The molecule has 0 heterocycles. The third kappa shape index (κ3) is 9.60. The molecule has 0 aromatic rings. The maximum Gasteiger partial charge on any atom is 0.501 e. The fourth-order valence-electron chi connectivity index (χ4n) is 2.01. The summed E-state index contributed by atoms with van der Waals surface area (Å²) in [6, 6.07) is 0.723. The minimum absolute atomic E-state index is 0.196. The van der Waals surface area contributed by atoms with E-state index < -0.39 is 8.80 Å². The molecular weight excluding hydrogens is 288 g/mol. The largest absolute Gasteiger partial charge is 0.501 e. The van der Waals surface area contributed by atoms with Gasteiger partial charge in [-0.05, 0) is 33.6 Å². The summed E-state index contributed by atoms with van der Waals surface area (Å²) in [6.07, 6.45) is 2.51. The predicted octanol–water partition coefficient (Wildman–Crippen LogP) is 3.60. The number of hydrogen-bond acceptors (Lipinski definition) is 5. The van der Waals surface area contributed by atoms with Gasteiger partial charge in [0, 0.05) is 45.5 Å². The predicted molar refractivity (Wildman–Crippen MR) is 86.3 cm³/mol. The highest BCUT2D eigenvalue weighted by Crippen LogP contribution is 2.21. The van der Waals surface area contributed by atoms with Gasteiger partial charge in [0.05, 0.1) is 0 Å². The summed E-state index contributed by atoms with van der Waals surface area (Å²) in [4.78, 5) is 0. The first-order chi connectivity index (χ1) is 10.2. The molecule has 0 bridgehead atoms. The van der Waals surface area contributed by atoms with E-state index >= 15 is 0 Å². The van der Waals surface area contributed by atoms with Crippen molar-refractivity contribution in [3.63, 3.8) is 0 Å². The van der Waals surface area contributed by atoms with Gasteiger partial charge < -0.3 is 22.8 Å². The van der Waals surface area contributed by atoms with Gasteiger partial charge in [0.25, 0.3) is 0 Å². The molecule has 0 rings (SSSR count). The number of rotatable bonds is 15. The van der Waals surface area contributed by atoms with Gasteiger partial charge in [0.1, 0.15) is 0 Å². The van der Waals surface area contributed by atoms with Crippen molar-refractivity contribution in [3.05, 3.63) is 0 Å². The van der Waals surface area contributed by atoms with Crippen molar-refractivity contribution in [1.29, 1.82) is 0 Å². The summed E-state index contributed by atoms with van der Waals surface area (Å²) in [5, 5.41) is 0. The first kappa shape index (κ1) is 21.0. The molecule has 0 N–H and O–H groups in total. The second kappa shape index (κ2) is 13.7. The van der Waals surface area contributed by atoms with E-state index in [0.717, 1.165) is 25.3 Å².